The summed E-state index contributed by atoms with van der Waals surface area (Å²) in [6.07, 6.45) is 5.56. The van der Waals surface area contributed by atoms with Crippen LogP contribution in [0.2, 0.25) is 0 Å². The second-order valence-corrected chi connectivity index (χ2v) is 11.3. The number of rotatable bonds is 8. The number of halogens is 4. The predicted molar refractivity (Wildman–Crippen MR) is 168 cm³/mol. The van der Waals surface area contributed by atoms with Gasteiger partial charge in [0.25, 0.3) is 0 Å². The Kier molecular flexibility index (Phi) is 10.4. The molecule has 6 heteroatoms. The van der Waals surface area contributed by atoms with Crippen molar-refractivity contribution in [3.63, 3.8) is 0 Å². The Bertz CT molecular complexity index is 1420. The lowest BCUT2D eigenvalue weighted by atomic mass is 9.73. The third kappa shape index (κ3) is 6.83. The van der Waals surface area contributed by atoms with Gasteiger partial charge in [0.1, 0.15) is 0 Å². The molecule has 42 heavy (non-hydrogen) atoms. The molecule has 1 fully saturated rings. The Morgan fingerprint density at radius 3 is 1.93 bits per heavy atom. The van der Waals surface area contributed by atoms with E-state index in [1.54, 1.807) is 6.07 Å². The molecule has 2 aliphatic rings. The van der Waals surface area contributed by atoms with E-state index in [1.807, 2.05) is 0 Å². The second kappa shape index (κ2) is 13.8. The molecule has 1 unspecified atom stereocenters. The minimum atomic E-state index is -4.42. The maximum Gasteiger partial charge on any atom is 0.416 e. The zero-order valence-electron chi connectivity index (χ0n) is 24.1. The molecule has 3 aromatic carbocycles. The van der Waals surface area contributed by atoms with Crippen molar-refractivity contribution in [3.8, 4) is 6.07 Å². The van der Waals surface area contributed by atoms with E-state index in [2.05, 4.69) is 78.6 Å². The molecule has 0 aromatic heterocycles. The van der Waals surface area contributed by atoms with E-state index in [9.17, 15) is 18.4 Å². The van der Waals surface area contributed by atoms with Crippen molar-refractivity contribution in [2.24, 2.45) is 0 Å². The summed E-state index contributed by atoms with van der Waals surface area (Å²) in [5.74, 6) is 0. The molecule has 0 saturated carbocycles. The minimum absolute atomic E-state index is 0. The first-order valence-electron chi connectivity index (χ1n) is 14.7. The van der Waals surface area contributed by atoms with Gasteiger partial charge in [-0.2, -0.15) is 18.4 Å². The molecular formula is C36H38ClF3N2. The predicted octanol–water partition coefficient (Wildman–Crippen LogP) is 9.94. The van der Waals surface area contributed by atoms with Crippen LogP contribution in [-0.4, -0.2) is 24.5 Å². The Labute approximate surface area is 254 Å². The maximum absolute atomic E-state index is 13.5. The summed E-state index contributed by atoms with van der Waals surface area (Å²) >= 11 is 0. The topological polar surface area (TPSA) is 27.0 Å². The van der Waals surface area contributed by atoms with Gasteiger partial charge in [-0.25, -0.2) is 0 Å². The van der Waals surface area contributed by atoms with E-state index >= 15 is 0 Å². The van der Waals surface area contributed by atoms with Crippen molar-refractivity contribution in [2.45, 2.75) is 63.5 Å². The van der Waals surface area contributed by atoms with E-state index in [4.69, 9.17) is 0 Å². The molecule has 1 atom stereocenters. The summed E-state index contributed by atoms with van der Waals surface area (Å²) in [6.45, 7) is 4.77. The number of piperidine rings is 1. The van der Waals surface area contributed by atoms with Crippen molar-refractivity contribution in [1.29, 1.82) is 5.26 Å². The number of nitriles is 1. The standard InChI is InChI=1S/C36H37F3N2.ClH/c1-2-3-20-35(26-40,30-12-8-13-31(25-30)36(37,38)39)21-9-22-41-23-18-29(19-24-41)34-32-14-6-4-10-27(32)16-17-28-11-5-7-15-33(28)34;/h4-8,10-17,25H,2-3,9,18-24H2,1H3;1H. The number of likely N-dealkylation sites (tertiary alicyclic amines) is 1. The highest BCUT2D eigenvalue weighted by molar-refractivity contribution is 5.94. The summed E-state index contributed by atoms with van der Waals surface area (Å²) in [5, 5.41) is 10.3. The van der Waals surface area contributed by atoms with Gasteiger partial charge in [-0.1, -0.05) is 104 Å². The molecule has 0 bridgehead atoms. The van der Waals surface area contributed by atoms with Gasteiger partial charge in [0.15, 0.2) is 0 Å². The fourth-order valence-electron chi connectivity index (χ4n) is 6.41. The van der Waals surface area contributed by atoms with Crippen LogP contribution >= 0.6 is 12.4 Å². The molecule has 0 spiro atoms. The number of hydrogen-bond donors (Lipinski definition) is 0. The van der Waals surface area contributed by atoms with Crippen molar-refractivity contribution in [2.75, 3.05) is 19.6 Å². The molecule has 0 N–H and O–H groups in total. The van der Waals surface area contributed by atoms with Crippen molar-refractivity contribution in [1.82, 2.24) is 4.90 Å². The van der Waals surface area contributed by atoms with Gasteiger partial charge in [-0.05, 0) is 78.1 Å². The van der Waals surface area contributed by atoms with E-state index in [1.165, 1.54) is 45.5 Å². The fraction of sp³-hybridized carbons (Fsp3) is 0.361. The average Bonchev–Trinajstić information content (AvgIpc) is 3.16. The first-order valence-corrected chi connectivity index (χ1v) is 14.7. The van der Waals surface area contributed by atoms with Gasteiger partial charge in [-0.3, -0.25) is 0 Å². The highest BCUT2D eigenvalue weighted by atomic mass is 35.5. The van der Waals surface area contributed by atoms with E-state index in [0.717, 1.165) is 57.8 Å². The molecule has 1 saturated heterocycles. The molecular weight excluding hydrogens is 553 g/mol. The zero-order valence-corrected chi connectivity index (χ0v) is 24.9. The van der Waals surface area contributed by atoms with Crippen LogP contribution in [0, 0.1) is 11.3 Å². The molecule has 220 valence electrons. The Hall–Kier alpha value is -3.33. The monoisotopic (exact) mass is 590 g/mol. The quantitative estimate of drug-likeness (QED) is 0.204. The van der Waals surface area contributed by atoms with Crippen molar-refractivity contribution in [3.05, 3.63) is 112 Å². The van der Waals surface area contributed by atoms with Crippen LogP contribution < -0.4 is 0 Å². The molecule has 5 rings (SSSR count). The van der Waals surface area contributed by atoms with Gasteiger partial charge in [0.2, 0.25) is 0 Å². The Balaban J connectivity index is 0.00000405. The summed E-state index contributed by atoms with van der Waals surface area (Å²) in [6, 6.07) is 25.1. The van der Waals surface area contributed by atoms with Gasteiger partial charge in [0, 0.05) is 13.1 Å². The molecule has 0 amide bonds. The number of fused-ring (bicyclic) bond motifs is 2. The van der Waals surface area contributed by atoms with Crippen molar-refractivity contribution < 1.29 is 13.2 Å². The molecule has 2 nitrogen and oxygen atoms in total. The maximum atomic E-state index is 13.5. The number of hydrogen-bond acceptors (Lipinski definition) is 2. The largest absolute Gasteiger partial charge is 0.416 e. The van der Waals surface area contributed by atoms with E-state index < -0.39 is 17.2 Å². The normalized spacial score (nSPS) is 16.5. The summed E-state index contributed by atoms with van der Waals surface area (Å²) < 4.78 is 40.4. The van der Waals surface area contributed by atoms with Crippen LogP contribution in [0.1, 0.15) is 85.3 Å². The highest BCUT2D eigenvalue weighted by Gasteiger charge is 2.36. The fourth-order valence-corrected chi connectivity index (χ4v) is 6.41. The lowest BCUT2D eigenvalue weighted by molar-refractivity contribution is -0.137. The van der Waals surface area contributed by atoms with Crippen LogP contribution in [0.4, 0.5) is 13.2 Å². The van der Waals surface area contributed by atoms with E-state index in [0.29, 0.717) is 18.4 Å². The van der Waals surface area contributed by atoms with Gasteiger partial charge in [0.05, 0.1) is 17.0 Å². The number of benzene rings is 3. The third-order valence-electron chi connectivity index (χ3n) is 8.71. The second-order valence-electron chi connectivity index (χ2n) is 11.3. The van der Waals surface area contributed by atoms with Crippen LogP contribution in [0.3, 0.4) is 0 Å². The van der Waals surface area contributed by atoms with Gasteiger partial charge in [-0.15, -0.1) is 12.4 Å². The lowest BCUT2D eigenvalue weighted by Gasteiger charge is -2.32. The van der Waals surface area contributed by atoms with E-state index in [-0.39, 0.29) is 12.4 Å². The summed E-state index contributed by atoms with van der Waals surface area (Å²) in [4.78, 5) is 2.45. The minimum Gasteiger partial charge on any atom is -0.303 e. The van der Waals surface area contributed by atoms with Crippen molar-refractivity contribution >= 4 is 30.1 Å². The average molecular weight is 591 g/mol. The number of unbranched alkanes of at least 4 members (excludes halogenated alkanes) is 1. The van der Waals surface area contributed by atoms with Gasteiger partial charge >= 0.3 is 6.18 Å². The summed E-state index contributed by atoms with van der Waals surface area (Å²) in [5.41, 5.74) is 6.79. The Morgan fingerprint density at radius 1 is 0.786 bits per heavy atom. The smallest absolute Gasteiger partial charge is 0.303 e. The lowest BCUT2D eigenvalue weighted by Crippen LogP contribution is -2.33. The third-order valence-corrected chi connectivity index (χ3v) is 8.71. The molecule has 1 aliphatic carbocycles. The summed E-state index contributed by atoms with van der Waals surface area (Å²) in [7, 11) is 0. The van der Waals surface area contributed by atoms with Gasteiger partial charge < -0.3 is 4.90 Å². The molecule has 1 aliphatic heterocycles. The molecule has 1 heterocycles. The van der Waals surface area contributed by atoms with Crippen LogP contribution in [0.5, 0.6) is 0 Å². The molecule has 0 radical (unpaired) electrons. The first kappa shape index (κ1) is 31.6. The highest BCUT2D eigenvalue weighted by Crippen LogP contribution is 2.40. The first-order chi connectivity index (χ1) is 19.8. The number of nitrogens with zero attached hydrogens (tertiary/aromatic N) is 2. The van der Waals surface area contributed by atoms with Crippen LogP contribution in [0.25, 0.3) is 17.7 Å². The Morgan fingerprint density at radius 2 is 1.36 bits per heavy atom. The van der Waals surface area contributed by atoms with Crippen LogP contribution in [-0.2, 0) is 11.6 Å². The molecule has 3 aromatic rings. The SMILES string of the molecule is CCCCC(C#N)(CCCN1CCC(=C2c3ccccc3C=Cc3ccccc32)CC1)c1cccc(C(F)(F)F)c1.Cl. The zero-order chi connectivity index (χ0) is 28.9. The van der Waals surface area contributed by atoms with Crippen LogP contribution in [0.15, 0.2) is 78.4 Å². The number of alkyl halides is 3.